The number of benzene rings is 2. The van der Waals surface area contributed by atoms with Crippen LogP contribution in [0.5, 0.6) is 0 Å². The van der Waals surface area contributed by atoms with Gasteiger partial charge >= 0.3 is 0 Å². The Balaban J connectivity index is 1.66. The number of amides is 2. The summed E-state index contributed by atoms with van der Waals surface area (Å²) in [5.74, 6) is -0.341. The Labute approximate surface area is 148 Å². The maximum absolute atomic E-state index is 12.6. The molecule has 1 fully saturated rings. The van der Waals surface area contributed by atoms with Crippen molar-refractivity contribution in [2.75, 3.05) is 11.9 Å². The van der Waals surface area contributed by atoms with Crippen LogP contribution in [0.3, 0.4) is 0 Å². The fourth-order valence-corrected chi connectivity index (χ4v) is 3.31. The lowest BCUT2D eigenvalue weighted by molar-refractivity contribution is -0.129. The van der Waals surface area contributed by atoms with Gasteiger partial charge < -0.3 is 10.2 Å². The molecule has 0 unspecified atom stereocenters. The van der Waals surface area contributed by atoms with E-state index in [0.717, 1.165) is 17.7 Å². The molecule has 0 aromatic heterocycles. The van der Waals surface area contributed by atoms with Crippen LogP contribution < -0.4 is 5.32 Å². The summed E-state index contributed by atoms with van der Waals surface area (Å²) in [7, 11) is 0. The number of rotatable bonds is 5. The van der Waals surface area contributed by atoms with Gasteiger partial charge in [0.15, 0.2) is 0 Å². The highest BCUT2D eigenvalue weighted by Crippen LogP contribution is 2.29. The third-order valence-corrected chi connectivity index (χ3v) is 4.88. The summed E-state index contributed by atoms with van der Waals surface area (Å²) in [4.78, 5) is 26.8. The molecule has 1 saturated heterocycles. The molecule has 0 bridgehead atoms. The minimum atomic E-state index is -0.302. The quantitative estimate of drug-likeness (QED) is 0.903. The average molecular weight is 336 g/mol. The fraction of sp³-hybridized carbons (Fsp3) is 0.333. The SMILES string of the molecule is CCc1cccc(NC(=O)[C@H]2CC(=O)N([C@@H](C)c3ccccc3)C2)c1. The first-order valence-electron chi connectivity index (χ1n) is 8.82. The van der Waals surface area contributed by atoms with E-state index in [9.17, 15) is 9.59 Å². The molecule has 130 valence electrons. The first kappa shape index (κ1) is 17.2. The molecule has 4 nitrogen and oxygen atoms in total. The predicted octanol–water partition coefficient (Wildman–Crippen LogP) is 3.80. The number of carbonyl (C=O) groups excluding carboxylic acids is 2. The molecular formula is C21H24N2O2. The van der Waals surface area contributed by atoms with E-state index in [2.05, 4.69) is 12.2 Å². The summed E-state index contributed by atoms with van der Waals surface area (Å²) in [5, 5.41) is 2.96. The van der Waals surface area contributed by atoms with Crippen molar-refractivity contribution < 1.29 is 9.59 Å². The van der Waals surface area contributed by atoms with Crippen LogP contribution in [0.15, 0.2) is 54.6 Å². The zero-order chi connectivity index (χ0) is 17.8. The smallest absolute Gasteiger partial charge is 0.229 e. The first-order chi connectivity index (χ1) is 12.1. The molecule has 3 rings (SSSR count). The maximum atomic E-state index is 12.6. The second kappa shape index (κ2) is 7.51. The van der Waals surface area contributed by atoms with Gasteiger partial charge in [0, 0.05) is 18.7 Å². The lowest BCUT2D eigenvalue weighted by atomic mass is 10.1. The number of nitrogens with one attached hydrogen (secondary N) is 1. The lowest BCUT2D eigenvalue weighted by Gasteiger charge is -2.25. The normalized spacial score (nSPS) is 18.2. The zero-order valence-corrected chi connectivity index (χ0v) is 14.7. The van der Waals surface area contributed by atoms with Gasteiger partial charge in [-0.2, -0.15) is 0 Å². The zero-order valence-electron chi connectivity index (χ0n) is 14.7. The Hall–Kier alpha value is -2.62. The van der Waals surface area contributed by atoms with Crippen molar-refractivity contribution in [1.82, 2.24) is 4.90 Å². The van der Waals surface area contributed by atoms with E-state index in [0.29, 0.717) is 6.54 Å². The Morgan fingerprint density at radius 3 is 2.68 bits per heavy atom. The van der Waals surface area contributed by atoms with Crippen LogP contribution in [0.2, 0.25) is 0 Å². The molecule has 25 heavy (non-hydrogen) atoms. The minimum absolute atomic E-state index is 0.0186. The molecule has 0 radical (unpaired) electrons. The third-order valence-electron chi connectivity index (χ3n) is 4.88. The van der Waals surface area contributed by atoms with Crippen LogP contribution in [-0.4, -0.2) is 23.3 Å². The van der Waals surface area contributed by atoms with Crippen LogP contribution in [0, 0.1) is 5.92 Å². The lowest BCUT2D eigenvalue weighted by Crippen LogP contribution is -2.30. The summed E-state index contributed by atoms with van der Waals surface area (Å²) in [6.45, 7) is 4.56. The molecule has 2 aromatic rings. The first-order valence-corrected chi connectivity index (χ1v) is 8.82. The van der Waals surface area contributed by atoms with E-state index in [1.165, 1.54) is 5.56 Å². The number of hydrogen-bond acceptors (Lipinski definition) is 2. The Kier molecular flexibility index (Phi) is 5.17. The fourth-order valence-electron chi connectivity index (χ4n) is 3.31. The van der Waals surface area contributed by atoms with E-state index in [-0.39, 0.29) is 30.2 Å². The predicted molar refractivity (Wildman–Crippen MR) is 99.1 cm³/mol. The van der Waals surface area contributed by atoms with E-state index < -0.39 is 0 Å². The molecule has 2 amide bonds. The van der Waals surface area contributed by atoms with Crippen molar-refractivity contribution in [3.63, 3.8) is 0 Å². The van der Waals surface area contributed by atoms with Crippen LogP contribution in [0.4, 0.5) is 5.69 Å². The van der Waals surface area contributed by atoms with E-state index >= 15 is 0 Å². The molecule has 4 heteroatoms. The molecule has 2 aromatic carbocycles. The highest BCUT2D eigenvalue weighted by Gasteiger charge is 2.36. The summed E-state index contributed by atoms with van der Waals surface area (Å²) in [5.41, 5.74) is 3.07. The molecule has 0 saturated carbocycles. The van der Waals surface area contributed by atoms with Gasteiger partial charge in [0.25, 0.3) is 0 Å². The highest BCUT2D eigenvalue weighted by atomic mass is 16.2. The molecule has 1 aliphatic heterocycles. The number of nitrogens with zero attached hydrogens (tertiary/aromatic N) is 1. The number of likely N-dealkylation sites (tertiary alicyclic amines) is 1. The molecule has 1 N–H and O–H groups in total. The highest BCUT2D eigenvalue weighted by molar-refractivity contribution is 5.97. The van der Waals surface area contributed by atoms with E-state index in [1.807, 2.05) is 66.4 Å². The van der Waals surface area contributed by atoms with Gasteiger partial charge in [-0.3, -0.25) is 9.59 Å². The van der Waals surface area contributed by atoms with E-state index in [1.54, 1.807) is 0 Å². The molecule has 0 aliphatic carbocycles. The number of aryl methyl sites for hydroxylation is 1. The Morgan fingerprint density at radius 1 is 1.20 bits per heavy atom. The summed E-state index contributed by atoms with van der Waals surface area (Å²) >= 11 is 0. The summed E-state index contributed by atoms with van der Waals surface area (Å²) in [6.07, 6.45) is 1.20. The van der Waals surface area contributed by atoms with Crippen molar-refractivity contribution in [3.8, 4) is 0 Å². The van der Waals surface area contributed by atoms with Crippen molar-refractivity contribution >= 4 is 17.5 Å². The number of hydrogen-bond donors (Lipinski definition) is 1. The van der Waals surface area contributed by atoms with Crippen LogP contribution in [-0.2, 0) is 16.0 Å². The summed E-state index contributed by atoms with van der Waals surface area (Å²) in [6, 6.07) is 17.8. The standard InChI is InChI=1S/C21H24N2O2/c1-3-16-8-7-11-19(12-16)22-21(25)18-13-20(24)23(14-18)15(2)17-9-5-4-6-10-17/h4-12,15,18H,3,13-14H2,1-2H3,(H,22,25)/t15-,18-/m0/s1. The van der Waals surface area contributed by atoms with Crippen LogP contribution in [0.25, 0.3) is 0 Å². The van der Waals surface area contributed by atoms with Crippen molar-refractivity contribution in [3.05, 3.63) is 65.7 Å². The van der Waals surface area contributed by atoms with Gasteiger partial charge in [-0.25, -0.2) is 0 Å². The molecular weight excluding hydrogens is 312 g/mol. The van der Waals surface area contributed by atoms with Crippen molar-refractivity contribution in [2.45, 2.75) is 32.7 Å². The number of anilines is 1. The van der Waals surface area contributed by atoms with Gasteiger partial charge in [-0.15, -0.1) is 0 Å². The molecule has 0 spiro atoms. The maximum Gasteiger partial charge on any atom is 0.229 e. The molecule has 2 atom stereocenters. The van der Waals surface area contributed by atoms with Gasteiger partial charge in [-0.05, 0) is 36.6 Å². The second-order valence-corrected chi connectivity index (χ2v) is 6.58. The topological polar surface area (TPSA) is 49.4 Å². The average Bonchev–Trinajstić information content (AvgIpc) is 3.04. The number of carbonyl (C=O) groups is 2. The van der Waals surface area contributed by atoms with Crippen molar-refractivity contribution in [2.24, 2.45) is 5.92 Å². The van der Waals surface area contributed by atoms with Gasteiger partial charge in [0.2, 0.25) is 11.8 Å². The summed E-state index contributed by atoms with van der Waals surface area (Å²) < 4.78 is 0. The van der Waals surface area contributed by atoms with E-state index in [4.69, 9.17) is 0 Å². The largest absolute Gasteiger partial charge is 0.335 e. The van der Waals surface area contributed by atoms with Gasteiger partial charge in [-0.1, -0.05) is 49.4 Å². The Bertz CT molecular complexity index is 758. The Morgan fingerprint density at radius 2 is 1.96 bits per heavy atom. The van der Waals surface area contributed by atoms with Crippen LogP contribution >= 0.6 is 0 Å². The minimum Gasteiger partial charge on any atom is -0.335 e. The second-order valence-electron chi connectivity index (χ2n) is 6.58. The molecule has 1 aliphatic rings. The van der Waals surface area contributed by atoms with Crippen molar-refractivity contribution in [1.29, 1.82) is 0 Å². The van der Waals surface area contributed by atoms with Gasteiger partial charge in [0.1, 0.15) is 0 Å². The molecule has 1 heterocycles. The third kappa shape index (κ3) is 3.90. The monoisotopic (exact) mass is 336 g/mol. The van der Waals surface area contributed by atoms with Crippen LogP contribution in [0.1, 0.15) is 37.4 Å². The van der Waals surface area contributed by atoms with Gasteiger partial charge in [0.05, 0.1) is 12.0 Å².